The molecule has 14 nitrogen and oxygen atoms in total. The fraction of sp³-hybridized carbons (Fsp3) is 0.700. The molecule has 0 fully saturated rings. The van der Waals surface area contributed by atoms with Gasteiger partial charge in [-0.3, -0.25) is 24.0 Å². The van der Waals surface area contributed by atoms with Gasteiger partial charge < -0.3 is 43.6 Å². The summed E-state index contributed by atoms with van der Waals surface area (Å²) in [6.07, 6.45) is 0.756. The summed E-state index contributed by atoms with van der Waals surface area (Å²) in [7, 11) is 0. The van der Waals surface area contributed by atoms with Gasteiger partial charge in [-0.25, -0.2) is 4.79 Å². The highest BCUT2D eigenvalue weighted by atomic mass is 16.4. The lowest BCUT2D eigenvalue weighted by Crippen LogP contribution is -2.57. The minimum atomic E-state index is -1.27. The molecule has 34 heavy (non-hydrogen) atoms. The van der Waals surface area contributed by atoms with Crippen LogP contribution >= 0.6 is 0 Å². The number of amides is 5. The molecule has 0 saturated carbocycles. The zero-order valence-corrected chi connectivity index (χ0v) is 19.6. The fourth-order valence-corrected chi connectivity index (χ4v) is 2.85. The molecule has 5 amide bonds. The molecule has 0 aromatic rings. The Balaban J connectivity index is 5.35. The Bertz CT molecular complexity index is 730. The van der Waals surface area contributed by atoms with Gasteiger partial charge in [-0.15, -0.1) is 0 Å². The minimum Gasteiger partial charge on any atom is -0.480 e. The first-order valence-electron chi connectivity index (χ1n) is 11.0. The third-order valence-corrected chi connectivity index (χ3v) is 4.77. The maximum Gasteiger partial charge on any atom is 0.326 e. The monoisotopic (exact) mass is 487 g/mol. The average molecular weight is 488 g/mol. The Morgan fingerprint density at radius 3 is 1.94 bits per heavy atom. The Labute approximate surface area is 198 Å². The molecule has 0 aliphatic rings. The summed E-state index contributed by atoms with van der Waals surface area (Å²) in [5.74, 6) is -5.11. The van der Waals surface area contributed by atoms with Crippen LogP contribution in [0.1, 0.15) is 46.0 Å². The van der Waals surface area contributed by atoms with E-state index in [2.05, 4.69) is 21.3 Å². The van der Waals surface area contributed by atoms with E-state index in [9.17, 15) is 33.9 Å². The first kappa shape index (κ1) is 30.7. The molecule has 3 atom stereocenters. The highest BCUT2D eigenvalue weighted by Crippen LogP contribution is 2.07. The van der Waals surface area contributed by atoms with E-state index in [1.54, 1.807) is 13.8 Å². The molecular formula is C20H37N7O7. The Morgan fingerprint density at radius 2 is 1.44 bits per heavy atom. The Morgan fingerprint density at radius 1 is 0.824 bits per heavy atom. The van der Waals surface area contributed by atoms with Crippen molar-refractivity contribution >= 4 is 35.5 Å². The lowest BCUT2D eigenvalue weighted by molar-refractivity contribution is -0.142. The van der Waals surface area contributed by atoms with Crippen LogP contribution in [0.5, 0.6) is 0 Å². The quantitative estimate of drug-likeness (QED) is 0.0953. The van der Waals surface area contributed by atoms with E-state index >= 15 is 0 Å². The van der Waals surface area contributed by atoms with E-state index in [0.717, 1.165) is 0 Å². The van der Waals surface area contributed by atoms with E-state index in [1.807, 2.05) is 0 Å². The van der Waals surface area contributed by atoms with Crippen molar-refractivity contribution in [2.24, 2.45) is 23.1 Å². The van der Waals surface area contributed by atoms with Gasteiger partial charge in [-0.2, -0.15) is 0 Å². The number of rotatable bonds is 17. The molecule has 0 rings (SSSR count). The molecule has 0 bridgehead atoms. The number of carbonyl (C=O) groups excluding carboxylic acids is 5. The molecule has 0 spiro atoms. The summed E-state index contributed by atoms with van der Waals surface area (Å²) in [5.41, 5.74) is 15.7. The zero-order chi connectivity index (χ0) is 26.3. The van der Waals surface area contributed by atoms with Crippen LogP contribution in [0.15, 0.2) is 0 Å². The second kappa shape index (κ2) is 16.4. The summed E-state index contributed by atoms with van der Waals surface area (Å²) < 4.78 is 0. The first-order valence-corrected chi connectivity index (χ1v) is 11.0. The smallest absolute Gasteiger partial charge is 0.326 e. The van der Waals surface area contributed by atoms with Crippen LogP contribution in [0, 0.1) is 5.92 Å². The highest BCUT2D eigenvalue weighted by molar-refractivity contribution is 5.94. The molecule has 0 aromatic carbocycles. The molecule has 11 N–H and O–H groups in total. The van der Waals surface area contributed by atoms with Crippen molar-refractivity contribution in [3.05, 3.63) is 0 Å². The first-order chi connectivity index (χ1) is 15.9. The number of unbranched alkanes of at least 4 members (excludes halogenated alkanes) is 1. The van der Waals surface area contributed by atoms with Gasteiger partial charge in [0.2, 0.25) is 29.5 Å². The molecule has 0 saturated heterocycles. The summed E-state index contributed by atoms with van der Waals surface area (Å²) in [6, 6.07) is -3.56. The van der Waals surface area contributed by atoms with Crippen molar-refractivity contribution in [1.82, 2.24) is 21.3 Å². The number of nitrogens with two attached hydrogens (primary N) is 3. The van der Waals surface area contributed by atoms with E-state index < -0.39 is 66.1 Å². The van der Waals surface area contributed by atoms with Crippen LogP contribution in [-0.2, 0) is 28.8 Å². The van der Waals surface area contributed by atoms with Crippen LogP contribution in [0.4, 0.5) is 0 Å². The van der Waals surface area contributed by atoms with Gasteiger partial charge in [0.05, 0.1) is 13.1 Å². The van der Waals surface area contributed by atoms with Crippen molar-refractivity contribution in [2.45, 2.75) is 64.1 Å². The predicted molar refractivity (Wildman–Crippen MR) is 122 cm³/mol. The molecule has 3 unspecified atom stereocenters. The van der Waals surface area contributed by atoms with E-state index in [0.29, 0.717) is 19.4 Å². The Hall–Kier alpha value is -3.26. The predicted octanol–water partition coefficient (Wildman–Crippen LogP) is -3.35. The van der Waals surface area contributed by atoms with E-state index in [-0.39, 0.29) is 25.8 Å². The standard InChI is InChI=1S/C20H37N7O7/c1-11(2)17(27-16(30)10-24-15(29)9-22)19(32)25-12(6-7-14(23)28)18(31)26-13(20(33)34)5-3-4-8-21/h11-13,17H,3-10,21-22H2,1-2H3,(H2,23,28)(H,24,29)(H,25,32)(H,26,31)(H,27,30)(H,33,34). The van der Waals surface area contributed by atoms with Crippen molar-refractivity contribution < 1.29 is 33.9 Å². The molecule has 0 aliphatic carbocycles. The number of hydrogen-bond donors (Lipinski definition) is 8. The minimum absolute atomic E-state index is 0.133. The van der Waals surface area contributed by atoms with Crippen LogP contribution in [0.2, 0.25) is 0 Å². The van der Waals surface area contributed by atoms with Gasteiger partial charge in [0, 0.05) is 6.42 Å². The largest absolute Gasteiger partial charge is 0.480 e. The summed E-state index contributed by atoms with van der Waals surface area (Å²) >= 11 is 0. The molecule has 194 valence electrons. The molecular weight excluding hydrogens is 450 g/mol. The molecule has 0 radical (unpaired) electrons. The third kappa shape index (κ3) is 12.7. The van der Waals surface area contributed by atoms with Gasteiger partial charge in [-0.05, 0) is 38.1 Å². The number of carbonyl (C=O) groups is 6. The number of nitrogens with one attached hydrogen (secondary N) is 4. The normalized spacial score (nSPS) is 13.3. The third-order valence-electron chi connectivity index (χ3n) is 4.77. The van der Waals surface area contributed by atoms with Crippen molar-refractivity contribution in [3.8, 4) is 0 Å². The number of carboxylic acids is 1. The fourth-order valence-electron chi connectivity index (χ4n) is 2.85. The van der Waals surface area contributed by atoms with Crippen LogP contribution < -0.4 is 38.5 Å². The van der Waals surface area contributed by atoms with Gasteiger partial charge >= 0.3 is 5.97 Å². The molecule has 0 aromatic heterocycles. The average Bonchev–Trinajstić information content (AvgIpc) is 2.76. The summed E-state index contributed by atoms with van der Waals surface area (Å²) in [4.78, 5) is 71.6. The van der Waals surface area contributed by atoms with Crippen LogP contribution in [0.3, 0.4) is 0 Å². The van der Waals surface area contributed by atoms with E-state index in [4.69, 9.17) is 17.2 Å². The van der Waals surface area contributed by atoms with Crippen LogP contribution in [-0.4, -0.2) is 78.4 Å². The second-order valence-corrected chi connectivity index (χ2v) is 8.02. The van der Waals surface area contributed by atoms with Crippen molar-refractivity contribution in [2.75, 3.05) is 19.6 Å². The topological polar surface area (TPSA) is 249 Å². The van der Waals surface area contributed by atoms with E-state index in [1.165, 1.54) is 0 Å². The van der Waals surface area contributed by atoms with Crippen molar-refractivity contribution in [1.29, 1.82) is 0 Å². The highest BCUT2D eigenvalue weighted by Gasteiger charge is 2.31. The van der Waals surface area contributed by atoms with Gasteiger partial charge in [-0.1, -0.05) is 13.8 Å². The maximum atomic E-state index is 12.8. The number of aliphatic carboxylic acids is 1. The number of hydrogen-bond acceptors (Lipinski definition) is 8. The number of carboxylic acid groups (broad SMARTS) is 1. The van der Waals surface area contributed by atoms with Gasteiger partial charge in [0.1, 0.15) is 18.1 Å². The van der Waals surface area contributed by atoms with Crippen molar-refractivity contribution in [3.63, 3.8) is 0 Å². The maximum absolute atomic E-state index is 12.8. The zero-order valence-electron chi connectivity index (χ0n) is 19.6. The van der Waals surface area contributed by atoms with Gasteiger partial charge in [0.25, 0.3) is 0 Å². The van der Waals surface area contributed by atoms with Gasteiger partial charge in [0.15, 0.2) is 0 Å². The summed E-state index contributed by atoms with van der Waals surface area (Å²) in [6.45, 7) is 2.97. The number of primary amides is 1. The Kier molecular flexibility index (Phi) is 14.8. The summed E-state index contributed by atoms with van der Waals surface area (Å²) in [5, 5.41) is 18.9. The SMILES string of the molecule is CC(C)C(NC(=O)CNC(=O)CN)C(=O)NC(CCC(N)=O)C(=O)NC(CCCCN)C(=O)O. The van der Waals surface area contributed by atoms with Crippen LogP contribution in [0.25, 0.3) is 0 Å². The molecule has 14 heteroatoms. The second-order valence-electron chi connectivity index (χ2n) is 8.02. The lowest BCUT2D eigenvalue weighted by atomic mass is 10.0. The molecule has 0 aliphatic heterocycles. The lowest BCUT2D eigenvalue weighted by Gasteiger charge is -2.26. The molecule has 0 heterocycles.